The Morgan fingerprint density at radius 3 is 2.73 bits per heavy atom. The summed E-state index contributed by atoms with van der Waals surface area (Å²) in [5.41, 5.74) is -0.795. The van der Waals surface area contributed by atoms with Crippen molar-refractivity contribution in [2.75, 3.05) is 20.3 Å². The highest BCUT2D eigenvalue weighted by Gasteiger charge is 2.78. The van der Waals surface area contributed by atoms with Gasteiger partial charge in [0.25, 0.3) is 0 Å². The number of aliphatic hydroxyl groups is 2. The van der Waals surface area contributed by atoms with Crippen LogP contribution in [0.3, 0.4) is 0 Å². The Bertz CT molecular complexity index is 661. The molecule has 26 heavy (non-hydrogen) atoms. The van der Waals surface area contributed by atoms with Gasteiger partial charge in [-0.3, -0.25) is 4.79 Å². The van der Waals surface area contributed by atoms with E-state index in [1.54, 1.807) is 7.11 Å². The van der Waals surface area contributed by atoms with E-state index in [1.165, 1.54) is 0 Å². The van der Waals surface area contributed by atoms with Crippen LogP contribution < -0.4 is 0 Å². The third kappa shape index (κ3) is 1.66. The van der Waals surface area contributed by atoms with Crippen molar-refractivity contribution in [1.29, 1.82) is 0 Å². The van der Waals surface area contributed by atoms with Crippen LogP contribution in [0.5, 0.6) is 0 Å². The largest absolute Gasteiger partial charge is 0.393 e. The molecule has 2 N–H and O–H groups in total. The standard InChI is InChI=1S/C21H30O5/c1-11-12-7-13(22)16-20-6-4-5-19(2,9-26-10-20)14(20)8-15(25-3)21(16,17(11)23)18(12)24/h12-16,18,22,24H,1,4-10H2,2-3H3/t12-,13-,14+,15-,16-,18+,19-,20-,21-/m0/s1. The van der Waals surface area contributed by atoms with Gasteiger partial charge in [-0.2, -0.15) is 0 Å². The minimum Gasteiger partial charge on any atom is -0.393 e. The highest BCUT2D eigenvalue weighted by Crippen LogP contribution is 2.72. The highest BCUT2D eigenvalue weighted by atomic mass is 16.5. The average Bonchev–Trinajstić information content (AvgIpc) is 2.71. The summed E-state index contributed by atoms with van der Waals surface area (Å²) < 4.78 is 12.0. The summed E-state index contributed by atoms with van der Waals surface area (Å²) in [5, 5.41) is 22.6. The van der Waals surface area contributed by atoms with Crippen molar-refractivity contribution in [1.82, 2.24) is 0 Å². The van der Waals surface area contributed by atoms with Crippen molar-refractivity contribution >= 4 is 5.78 Å². The van der Waals surface area contributed by atoms with Gasteiger partial charge in [-0.05, 0) is 42.6 Å². The van der Waals surface area contributed by atoms with Crippen LogP contribution in [-0.4, -0.2) is 54.6 Å². The van der Waals surface area contributed by atoms with E-state index in [0.29, 0.717) is 24.5 Å². The van der Waals surface area contributed by atoms with Gasteiger partial charge in [0.2, 0.25) is 0 Å². The van der Waals surface area contributed by atoms with Gasteiger partial charge in [0.05, 0.1) is 36.9 Å². The molecular weight excluding hydrogens is 332 g/mol. The van der Waals surface area contributed by atoms with Crippen molar-refractivity contribution in [3.63, 3.8) is 0 Å². The van der Waals surface area contributed by atoms with E-state index in [4.69, 9.17) is 9.47 Å². The van der Waals surface area contributed by atoms with E-state index in [9.17, 15) is 15.0 Å². The average molecular weight is 362 g/mol. The predicted molar refractivity (Wildman–Crippen MR) is 94.3 cm³/mol. The number of hydrogen-bond donors (Lipinski definition) is 2. The zero-order valence-corrected chi connectivity index (χ0v) is 15.7. The normalized spacial score (nSPS) is 58.3. The number of ketones is 1. The van der Waals surface area contributed by atoms with Crippen LogP contribution in [0.2, 0.25) is 0 Å². The van der Waals surface area contributed by atoms with Gasteiger partial charge in [-0.1, -0.05) is 19.9 Å². The lowest BCUT2D eigenvalue weighted by Crippen LogP contribution is -2.73. The van der Waals surface area contributed by atoms with Gasteiger partial charge >= 0.3 is 0 Å². The summed E-state index contributed by atoms with van der Waals surface area (Å²) in [6.45, 7) is 7.60. The molecule has 5 fully saturated rings. The number of Topliss-reactive ketones (excluding diaryl/α,β-unsaturated/α-hetero) is 1. The van der Waals surface area contributed by atoms with Crippen LogP contribution in [0.25, 0.3) is 0 Å². The molecular formula is C21H30O5. The first-order chi connectivity index (χ1) is 12.3. The lowest BCUT2D eigenvalue weighted by molar-refractivity contribution is -0.297. The van der Waals surface area contributed by atoms with Crippen LogP contribution in [0.1, 0.15) is 39.0 Å². The molecule has 1 heterocycles. The molecule has 0 aromatic carbocycles. The number of carbonyl (C=O) groups is 1. The number of hydrogen-bond acceptors (Lipinski definition) is 5. The predicted octanol–water partition coefficient (Wildman–Crippen LogP) is 1.71. The minimum atomic E-state index is -1.07. The topological polar surface area (TPSA) is 76.0 Å². The van der Waals surface area contributed by atoms with Crippen molar-refractivity contribution in [3.05, 3.63) is 12.2 Å². The molecule has 5 rings (SSSR count). The maximum absolute atomic E-state index is 13.5. The summed E-state index contributed by atoms with van der Waals surface area (Å²) >= 11 is 0. The zero-order chi connectivity index (χ0) is 18.5. The van der Waals surface area contributed by atoms with Crippen molar-refractivity contribution < 1.29 is 24.5 Å². The lowest BCUT2D eigenvalue weighted by Gasteiger charge is -2.69. The first-order valence-electron chi connectivity index (χ1n) is 10.0. The first-order valence-corrected chi connectivity index (χ1v) is 10.0. The molecule has 5 nitrogen and oxygen atoms in total. The molecule has 1 aliphatic heterocycles. The number of ether oxygens (including phenoxy) is 2. The Balaban J connectivity index is 1.75. The van der Waals surface area contributed by atoms with Crippen LogP contribution in [0, 0.1) is 34.0 Å². The maximum atomic E-state index is 13.5. The van der Waals surface area contributed by atoms with E-state index in [-0.39, 0.29) is 34.6 Å². The number of aliphatic hydroxyl groups excluding tert-OH is 2. The molecule has 4 saturated carbocycles. The second kappa shape index (κ2) is 5.19. The molecule has 5 aliphatic rings. The molecule has 9 atom stereocenters. The second-order valence-electron chi connectivity index (χ2n) is 9.87. The van der Waals surface area contributed by atoms with Crippen LogP contribution >= 0.6 is 0 Å². The van der Waals surface area contributed by atoms with E-state index in [1.807, 2.05) is 0 Å². The third-order valence-electron chi connectivity index (χ3n) is 9.01. The molecule has 0 aromatic heterocycles. The molecule has 1 spiro atoms. The fourth-order valence-corrected chi connectivity index (χ4v) is 8.18. The minimum absolute atomic E-state index is 0.0507. The molecule has 0 unspecified atom stereocenters. The molecule has 5 heteroatoms. The smallest absolute Gasteiger partial charge is 0.170 e. The summed E-state index contributed by atoms with van der Waals surface area (Å²) in [7, 11) is 1.64. The number of fused-ring (bicyclic) bond motifs is 1. The molecule has 0 radical (unpaired) electrons. The quantitative estimate of drug-likeness (QED) is 0.695. The van der Waals surface area contributed by atoms with Crippen molar-refractivity contribution in [2.45, 2.75) is 57.3 Å². The fourth-order valence-electron chi connectivity index (χ4n) is 8.18. The van der Waals surface area contributed by atoms with E-state index < -0.39 is 17.6 Å². The Morgan fingerprint density at radius 1 is 1.23 bits per heavy atom. The summed E-state index contributed by atoms with van der Waals surface area (Å²) in [5.74, 6) is -0.400. The molecule has 0 amide bonds. The molecule has 4 aliphatic carbocycles. The van der Waals surface area contributed by atoms with Crippen LogP contribution in [0.4, 0.5) is 0 Å². The monoisotopic (exact) mass is 362 g/mol. The Morgan fingerprint density at radius 2 is 2.00 bits per heavy atom. The number of rotatable bonds is 1. The molecule has 4 bridgehead atoms. The molecule has 144 valence electrons. The molecule has 0 aromatic rings. The fraction of sp³-hybridized carbons (Fsp3) is 0.857. The summed E-state index contributed by atoms with van der Waals surface area (Å²) in [6, 6.07) is 0. The van der Waals surface area contributed by atoms with Crippen LogP contribution in [-0.2, 0) is 14.3 Å². The number of carbonyl (C=O) groups excluding carboxylic acids is 1. The third-order valence-corrected chi connectivity index (χ3v) is 9.01. The lowest BCUT2D eigenvalue weighted by atomic mass is 9.38. The Labute approximate surface area is 154 Å². The summed E-state index contributed by atoms with van der Waals surface area (Å²) in [4.78, 5) is 13.5. The SMILES string of the molecule is C=C1C(=O)[C@]23[C@@H](OC)C[C@@H]4[C@@]5(C)CCC[C@@]4(COC5)[C@@H]2[C@@H](O)C[C@@H]1[C@H]3O. The zero-order valence-electron chi connectivity index (χ0n) is 15.7. The molecule has 1 saturated heterocycles. The Kier molecular flexibility index (Phi) is 3.47. The van der Waals surface area contributed by atoms with Gasteiger partial charge in [-0.25, -0.2) is 0 Å². The van der Waals surface area contributed by atoms with Gasteiger partial charge in [0.1, 0.15) is 0 Å². The Hall–Kier alpha value is -0.750. The number of methoxy groups -OCH3 is 1. The van der Waals surface area contributed by atoms with Crippen LogP contribution in [0.15, 0.2) is 12.2 Å². The maximum Gasteiger partial charge on any atom is 0.170 e. The van der Waals surface area contributed by atoms with E-state index in [0.717, 1.165) is 32.3 Å². The highest BCUT2D eigenvalue weighted by molar-refractivity contribution is 6.04. The van der Waals surface area contributed by atoms with E-state index in [2.05, 4.69) is 13.5 Å². The van der Waals surface area contributed by atoms with Gasteiger partial charge < -0.3 is 19.7 Å². The van der Waals surface area contributed by atoms with Gasteiger partial charge in [0.15, 0.2) is 5.78 Å². The van der Waals surface area contributed by atoms with Crippen molar-refractivity contribution in [3.8, 4) is 0 Å². The van der Waals surface area contributed by atoms with E-state index >= 15 is 0 Å². The van der Waals surface area contributed by atoms with Crippen molar-refractivity contribution in [2.24, 2.45) is 34.0 Å². The van der Waals surface area contributed by atoms with Gasteiger partial charge in [-0.15, -0.1) is 0 Å². The summed E-state index contributed by atoms with van der Waals surface area (Å²) in [6.07, 6.45) is 2.49. The first kappa shape index (κ1) is 17.4. The second-order valence-corrected chi connectivity index (χ2v) is 9.87. The van der Waals surface area contributed by atoms with Gasteiger partial charge in [0, 0.05) is 24.4 Å².